The predicted octanol–water partition coefficient (Wildman–Crippen LogP) is 7.44. The fraction of sp³-hybridized carbons (Fsp3) is 0.857. The number of aliphatic hydroxyl groups is 1. The molecule has 0 amide bonds. The Hall–Kier alpha value is -1.36. The van der Waals surface area contributed by atoms with E-state index in [0.29, 0.717) is 12.8 Å². The lowest BCUT2D eigenvalue weighted by Gasteiger charge is -2.15. The van der Waals surface area contributed by atoms with Crippen LogP contribution in [0.1, 0.15) is 136 Å². The average Bonchev–Trinajstić information content (AvgIpc) is 2.81. The van der Waals surface area contributed by atoms with Crippen molar-refractivity contribution in [2.24, 2.45) is 0 Å². The van der Waals surface area contributed by atoms with Gasteiger partial charge < -0.3 is 14.6 Å². The van der Waals surface area contributed by atoms with E-state index in [1.165, 1.54) is 64.2 Å². The summed E-state index contributed by atoms with van der Waals surface area (Å²) in [7, 11) is 0. The molecule has 0 aliphatic carbocycles. The maximum absolute atomic E-state index is 11.9. The quantitative estimate of drug-likeness (QED) is 0.0905. The minimum Gasteiger partial charge on any atom is -0.462 e. The van der Waals surface area contributed by atoms with Crippen LogP contribution in [0.2, 0.25) is 0 Å². The zero-order valence-electron chi connectivity index (χ0n) is 21.7. The van der Waals surface area contributed by atoms with Gasteiger partial charge in [0.15, 0.2) is 6.10 Å². The van der Waals surface area contributed by atoms with Crippen molar-refractivity contribution in [2.75, 3.05) is 13.2 Å². The molecule has 0 spiro atoms. The number of ether oxygens (including phenoxy) is 2. The minimum atomic E-state index is -0.763. The Bertz CT molecular complexity index is 475. The molecule has 1 N–H and O–H groups in total. The predicted molar refractivity (Wildman–Crippen MR) is 136 cm³/mol. The molecule has 33 heavy (non-hydrogen) atoms. The van der Waals surface area contributed by atoms with E-state index in [-0.39, 0.29) is 25.2 Å². The molecule has 1 unspecified atom stereocenters. The van der Waals surface area contributed by atoms with Crippen molar-refractivity contribution in [1.82, 2.24) is 0 Å². The van der Waals surface area contributed by atoms with Crippen molar-refractivity contribution in [1.29, 1.82) is 0 Å². The zero-order valence-corrected chi connectivity index (χ0v) is 21.7. The molecule has 0 rings (SSSR count). The summed E-state index contributed by atoms with van der Waals surface area (Å²) < 4.78 is 10.3. The zero-order chi connectivity index (χ0) is 24.4. The lowest BCUT2D eigenvalue weighted by atomic mass is 10.1. The van der Waals surface area contributed by atoms with Crippen molar-refractivity contribution < 1.29 is 24.2 Å². The molecule has 0 radical (unpaired) electrons. The SMILES string of the molecule is CCCCCCCCC/C=C\CCCCCCCC(=O)OC(CO)COC(=O)CCCCC. The number of hydrogen-bond donors (Lipinski definition) is 1. The first-order chi connectivity index (χ1) is 16.1. The molecule has 0 aliphatic heterocycles. The van der Waals surface area contributed by atoms with Gasteiger partial charge in [-0.3, -0.25) is 9.59 Å². The first-order valence-electron chi connectivity index (χ1n) is 13.7. The minimum absolute atomic E-state index is 0.0698. The van der Waals surface area contributed by atoms with Crippen LogP contribution in [-0.2, 0) is 19.1 Å². The van der Waals surface area contributed by atoms with Crippen molar-refractivity contribution in [3.05, 3.63) is 12.2 Å². The summed E-state index contributed by atoms with van der Waals surface area (Å²) in [4.78, 5) is 23.5. The Morgan fingerprint density at radius 1 is 0.667 bits per heavy atom. The third kappa shape index (κ3) is 23.6. The van der Waals surface area contributed by atoms with Crippen LogP contribution in [-0.4, -0.2) is 36.4 Å². The molecule has 0 aromatic rings. The van der Waals surface area contributed by atoms with E-state index >= 15 is 0 Å². The van der Waals surface area contributed by atoms with E-state index in [9.17, 15) is 14.7 Å². The monoisotopic (exact) mass is 468 g/mol. The highest BCUT2D eigenvalue weighted by Gasteiger charge is 2.15. The van der Waals surface area contributed by atoms with Crippen LogP contribution in [0.15, 0.2) is 12.2 Å². The Kier molecular flexibility index (Phi) is 24.2. The largest absolute Gasteiger partial charge is 0.462 e. The van der Waals surface area contributed by atoms with Crippen molar-refractivity contribution in [2.45, 2.75) is 142 Å². The summed E-state index contributed by atoms with van der Waals surface area (Å²) in [6, 6.07) is 0. The summed E-state index contributed by atoms with van der Waals surface area (Å²) in [6.07, 6.45) is 24.7. The summed E-state index contributed by atoms with van der Waals surface area (Å²) in [6.45, 7) is 3.93. The van der Waals surface area contributed by atoms with Gasteiger partial charge in [-0.2, -0.15) is 0 Å². The fourth-order valence-electron chi connectivity index (χ4n) is 3.66. The summed E-state index contributed by atoms with van der Waals surface area (Å²) in [5, 5.41) is 9.34. The van der Waals surface area contributed by atoms with Gasteiger partial charge in [-0.25, -0.2) is 0 Å². The molecule has 0 aromatic carbocycles. The van der Waals surface area contributed by atoms with Crippen LogP contribution in [0.25, 0.3) is 0 Å². The van der Waals surface area contributed by atoms with Gasteiger partial charge in [0.25, 0.3) is 0 Å². The maximum atomic E-state index is 11.9. The number of esters is 2. The highest BCUT2D eigenvalue weighted by molar-refractivity contribution is 5.70. The number of aliphatic hydroxyl groups excluding tert-OH is 1. The molecular formula is C28H52O5. The summed E-state index contributed by atoms with van der Waals surface area (Å²) in [5.74, 6) is -0.630. The van der Waals surface area contributed by atoms with Crippen LogP contribution in [0.4, 0.5) is 0 Å². The van der Waals surface area contributed by atoms with Gasteiger partial charge in [0, 0.05) is 12.8 Å². The molecule has 0 bridgehead atoms. The molecule has 0 fully saturated rings. The third-order valence-electron chi connectivity index (χ3n) is 5.81. The molecule has 0 saturated heterocycles. The Morgan fingerprint density at radius 2 is 1.12 bits per heavy atom. The van der Waals surface area contributed by atoms with Crippen LogP contribution >= 0.6 is 0 Å². The number of carbonyl (C=O) groups is 2. The molecular weight excluding hydrogens is 416 g/mol. The second-order valence-electron chi connectivity index (χ2n) is 9.12. The number of carbonyl (C=O) groups excluding carboxylic acids is 2. The van der Waals surface area contributed by atoms with Gasteiger partial charge in [-0.05, 0) is 38.5 Å². The second-order valence-corrected chi connectivity index (χ2v) is 9.12. The first-order valence-corrected chi connectivity index (χ1v) is 13.7. The van der Waals surface area contributed by atoms with Gasteiger partial charge >= 0.3 is 11.9 Å². The van der Waals surface area contributed by atoms with E-state index in [1.807, 2.05) is 0 Å². The normalized spacial score (nSPS) is 12.2. The second kappa shape index (κ2) is 25.3. The van der Waals surface area contributed by atoms with E-state index < -0.39 is 6.10 Å². The van der Waals surface area contributed by atoms with Crippen LogP contribution < -0.4 is 0 Å². The van der Waals surface area contributed by atoms with Crippen molar-refractivity contribution in [3.8, 4) is 0 Å². The van der Waals surface area contributed by atoms with Crippen molar-refractivity contribution in [3.63, 3.8) is 0 Å². The molecule has 5 heteroatoms. The van der Waals surface area contributed by atoms with Gasteiger partial charge in [-0.1, -0.05) is 96.6 Å². The Labute approximate surface area is 203 Å². The fourth-order valence-corrected chi connectivity index (χ4v) is 3.66. The number of allylic oxidation sites excluding steroid dienone is 2. The van der Waals surface area contributed by atoms with Crippen LogP contribution in [0, 0.1) is 0 Å². The lowest BCUT2D eigenvalue weighted by Crippen LogP contribution is -2.28. The van der Waals surface area contributed by atoms with E-state index in [0.717, 1.165) is 44.9 Å². The third-order valence-corrected chi connectivity index (χ3v) is 5.81. The smallest absolute Gasteiger partial charge is 0.306 e. The van der Waals surface area contributed by atoms with Crippen molar-refractivity contribution >= 4 is 11.9 Å². The van der Waals surface area contributed by atoms with Gasteiger partial charge in [-0.15, -0.1) is 0 Å². The first kappa shape index (κ1) is 31.6. The molecule has 0 aliphatic rings. The highest BCUT2D eigenvalue weighted by Crippen LogP contribution is 2.11. The standard InChI is InChI=1S/C28H52O5/c1-3-5-7-8-9-10-11-12-13-14-15-16-17-18-19-21-23-28(31)33-26(24-29)25-32-27(30)22-20-6-4-2/h13-14,26,29H,3-12,15-25H2,1-2H3/b14-13-. The number of rotatable bonds is 24. The Morgan fingerprint density at radius 3 is 1.70 bits per heavy atom. The molecule has 194 valence electrons. The molecule has 5 nitrogen and oxygen atoms in total. The molecule has 1 atom stereocenters. The molecule has 0 aromatic heterocycles. The number of hydrogen-bond acceptors (Lipinski definition) is 5. The molecule has 0 saturated carbocycles. The number of unbranched alkanes of at least 4 members (excludes halogenated alkanes) is 14. The van der Waals surface area contributed by atoms with E-state index in [2.05, 4.69) is 26.0 Å². The van der Waals surface area contributed by atoms with E-state index in [4.69, 9.17) is 9.47 Å². The van der Waals surface area contributed by atoms with Crippen LogP contribution in [0.3, 0.4) is 0 Å². The topological polar surface area (TPSA) is 72.8 Å². The molecule has 0 heterocycles. The van der Waals surface area contributed by atoms with Gasteiger partial charge in [0.05, 0.1) is 6.61 Å². The van der Waals surface area contributed by atoms with Gasteiger partial charge in [0.2, 0.25) is 0 Å². The average molecular weight is 469 g/mol. The van der Waals surface area contributed by atoms with Gasteiger partial charge in [0.1, 0.15) is 6.61 Å². The Balaban J connectivity index is 3.53. The summed E-state index contributed by atoms with van der Waals surface area (Å²) in [5.41, 5.74) is 0. The summed E-state index contributed by atoms with van der Waals surface area (Å²) >= 11 is 0. The lowest BCUT2D eigenvalue weighted by molar-refractivity contribution is -0.161. The maximum Gasteiger partial charge on any atom is 0.306 e. The van der Waals surface area contributed by atoms with Crippen LogP contribution in [0.5, 0.6) is 0 Å². The highest BCUT2D eigenvalue weighted by atomic mass is 16.6. The van der Waals surface area contributed by atoms with E-state index in [1.54, 1.807) is 0 Å².